The molecule has 5 rings (SSSR count). The Morgan fingerprint density at radius 3 is 2.70 bits per heavy atom. The summed E-state index contributed by atoms with van der Waals surface area (Å²) in [6, 6.07) is 19.8. The van der Waals surface area contributed by atoms with Crippen LogP contribution in [-0.2, 0) is 6.42 Å². The Labute approximate surface area is 154 Å². The topological polar surface area (TPSA) is 70.5 Å². The van der Waals surface area contributed by atoms with Gasteiger partial charge in [-0.2, -0.15) is 5.10 Å². The minimum atomic E-state index is -0.353. The summed E-state index contributed by atoms with van der Waals surface area (Å²) in [5, 5.41) is 6.39. The van der Waals surface area contributed by atoms with Gasteiger partial charge in [0.05, 0.1) is 5.56 Å². The molecule has 2 aromatic heterocycles. The number of pyridine rings is 1. The van der Waals surface area contributed by atoms with Crippen LogP contribution in [0.4, 0.5) is 5.69 Å². The number of fused-ring (bicyclic) bond motifs is 2. The molecule has 0 saturated carbocycles. The van der Waals surface area contributed by atoms with Gasteiger partial charge in [0.25, 0.3) is 5.91 Å². The monoisotopic (exact) mass is 356 g/mol. The highest BCUT2D eigenvalue weighted by molar-refractivity contribution is 6.10. The molecule has 132 valence electrons. The van der Waals surface area contributed by atoms with Crippen molar-refractivity contribution in [1.29, 1.82) is 0 Å². The summed E-state index contributed by atoms with van der Waals surface area (Å²) in [5.41, 5.74) is 4.78. The minimum absolute atomic E-state index is 0.147. The Morgan fingerprint density at radius 2 is 1.85 bits per heavy atom. The molecular formula is C21H16N4O2. The minimum Gasteiger partial charge on any atom is -0.308 e. The number of rotatable bonds is 2. The van der Waals surface area contributed by atoms with Crippen LogP contribution in [0.2, 0.25) is 0 Å². The third-order valence-electron chi connectivity index (χ3n) is 5.00. The first kappa shape index (κ1) is 15.6. The number of carbonyl (C=O) groups is 1. The number of hydrogen-bond acceptors (Lipinski definition) is 3. The van der Waals surface area contributed by atoms with E-state index in [9.17, 15) is 9.59 Å². The lowest BCUT2D eigenvalue weighted by atomic mass is 10.0. The van der Waals surface area contributed by atoms with E-state index in [1.807, 2.05) is 30.3 Å². The fraction of sp³-hybridized carbons (Fsp3) is 0.0952. The number of hydrogen-bond donors (Lipinski definition) is 1. The Balaban J connectivity index is 1.53. The highest BCUT2D eigenvalue weighted by Crippen LogP contribution is 2.33. The van der Waals surface area contributed by atoms with Crippen LogP contribution in [0.3, 0.4) is 0 Å². The van der Waals surface area contributed by atoms with Crippen LogP contribution in [0.25, 0.3) is 16.8 Å². The summed E-state index contributed by atoms with van der Waals surface area (Å²) in [7, 11) is 0. The van der Waals surface area contributed by atoms with Gasteiger partial charge < -0.3 is 4.90 Å². The summed E-state index contributed by atoms with van der Waals surface area (Å²) in [5.74, 6) is -0.147. The molecule has 1 N–H and O–H groups in total. The number of carbonyl (C=O) groups excluding carboxylic acids is 1. The second kappa shape index (κ2) is 5.95. The second-order valence-corrected chi connectivity index (χ2v) is 6.56. The standard InChI is InChI=1S/C21H16N4O2/c26-20(17-7-4-11-25-19(17)22-23-21(25)27)24-12-10-16-13-15(8-9-18(16)24)14-5-2-1-3-6-14/h1-9,11,13H,10,12H2,(H,23,27). The molecule has 3 heterocycles. The Bertz CT molecular complexity index is 1220. The smallest absolute Gasteiger partial charge is 0.308 e. The summed E-state index contributed by atoms with van der Waals surface area (Å²) >= 11 is 0. The first-order valence-corrected chi connectivity index (χ1v) is 8.78. The van der Waals surface area contributed by atoms with Gasteiger partial charge in [-0.15, -0.1) is 0 Å². The Kier molecular flexibility index (Phi) is 3.43. The third kappa shape index (κ3) is 2.45. The van der Waals surface area contributed by atoms with Crippen molar-refractivity contribution in [2.45, 2.75) is 6.42 Å². The van der Waals surface area contributed by atoms with Gasteiger partial charge in [0.2, 0.25) is 0 Å². The van der Waals surface area contributed by atoms with Crippen LogP contribution in [0.1, 0.15) is 15.9 Å². The summed E-state index contributed by atoms with van der Waals surface area (Å²) < 4.78 is 1.35. The van der Waals surface area contributed by atoms with E-state index in [2.05, 4.69) is 28.4 Å². The van der Waals surface area contributed by atoms with Crippen LogP contribution < -0.4 is 10.6 Å². The molecule has 6 nitrogen and oxygen atoms in total. The van der Waals surface area contributed by atoms with Gasteiger partial charge >= 0.3 is 5.69 Å². The van der Waals surface area contributed by atoms with E-state index in [0.717, 1.165) is 28.8 Å². The summed E-state index contributed by atoms with van der Waals surface area (Å²) in [4.78, 5) is 26.7. The van der Waals surface area contributed by atoms with Crippen LogP contribution in [-0.4, -0.2) is 27.0 Å². The number of nitrogens with zero attached hydrogens (tertiary/aromatic N) is 3. The molecule has 1 aliphatic heterocycles. The number of benzene rings is 2. The van der Waals surface area contributed by atoms with Crippen LogP contribution in [0.15, 0.2) is 71.7 Å². The van der Waals surface area contributed by atoms with E-state index in [4.69, 9.17) is 0 Å². The van der Waals surface area contributed by atoms with E-state index in [1.54, 1.807) is 23.2 Å². The molecule has 2 aromatic carbocycles. The predicted octanol–water partition coefficient (Wildman–Crippen LogP) is 2.89. The quantitative estimate of drug-likeness (QED) is 0.600. The van der Waals surface area contributed by atoms with E-state index >= 15 is 0 Å². The molecule has 0 fully saturated rings. The maximum Gasteiger partial charge on any atom is 0.347 e. The van der Waals surface area contributed by atoms with Gasteiger partial charge in [-0.25, -0.2) is 14.3 Å². The molecule has 0 spiro atoms. The zero-order chi connectivity index (χ0) is 18.4. The highest BCUT2D eigenvalue weighted by Gasteiger charge is 2.27. The largest absolute Gasteiger partial charge is 0.347 e. The van der Waals surface area contributed by atoms with Crippen molar-refractivity contribution in [2.24, 2.45) is 0 Å². The molecule has 0 saturated heterocycles. The average molecular weight is 356 g/mol. The van der Waals surface area contributed by atoms with Gasteiger partial charge in [-0.3, -0.25) is 4.79 Å². The van der Waals surface area contributed by atoms with Crippen LogP contribution in [0, 0.1) is 0 Å². The second-order valence-electron chi connectivity index (χ2n) is 6.56. The molecule has 0 unspecified atom stereocenters. The molecule has 0 radical (unpaired) electrons. The Morgan fingerprint density at radius 1 is 1.00 bits per heavy atom. The molecule has 0 aliphatic carbocycles. The first-order chi connectivity index (χ1) is 13.2. The highest BCUT2D eigenvalue weighted by atomic mass is 16.2. The van der Waals surface area contributed by atoms with Crippen molar-refractivity contribution in [3.05, 3.63) is 88.5 Å². The number of anilines is 1. The lowest BCUT2D eigenvalue weighted by Gasteiger charge is -2.18. The maximum absolute atomic E-state index is 13.1. The number of amides is 1. The zero-order valence-corrected chi connectivity index (χ0v) is 14.4. The molecule has 4 aromatic rings. The van der Waals surface area contributed by atoms with Gasteiger partial charge in [0.15, 0.2) is 5.65 Å². The van der Waals surface area contributed by atoms with Crippen molar-refractivity contribution in [2.75, 3.05) is 11.4 Å². The van der Waals surface area contributed by atoms with E-state index < -0.39 is 0 Å². The van der Waals surface area contributed by atoms with Crippen molar-refractivity contribution >= 4 is 17.2 Å². The molecule has 27 heavy (non-hydrogen) atoms. The molecule has 6 heteroatoms. The van der Waals surface area contributed by atoms with E-state index in [0.29, 0.717) is 17.8 Å². The number of aromatic amines is 1. The Hall–Kier alpha value is -3.67. The third-order valence-corrected chi connectivity index (χ3v) is 5.00. The van der Waals surface area contributed by atoms with Crippen molar-refractivity contribution in [3.8, 4) is 11.1 Å². The molecule has 0 bridgehead atoms. The van der Waals surface area contributed by atoms with Gasteiger partial charge in [0.1, 0.15) is 0 Å². The number of nitrogens with one attached hydrogen (secondary N) is 1. The lowest BCUT2D eigenvalue weighted by Crippen LogP contribution is -2.29. The van der Waals surface area contributed by atoms with Crippen LogP contribution >= 0.6 is 0 Å². The molecule has 0 atom stereocenters. The first-order valence-electron chi connectivity index (χ1n) is 8.78. The zero-order valence-electron chi connectivity index (χ0n) is 14.4. The SMILES string of the molecule is O=C(c1cccn2c(=O)[nH]nc12)N1CCc2cc(-c3ccccc3)ccc21. The van der Waals surface area contributed by atoms with Gasteiger partial charge in [-0.1, -0.05) is 36.4 Å². The number of H-pyrrole nitrogens is 1. The average Bonchev–Trinajstić information content (AvgIpc) is 3.31. The van der Waals surface area contributed by atoms with E-state index in [-0.39, 0.29) is 11.6 Å². The maximum atomic E-state index is 13.1. The summed E-state index contributed by atoms with van der Waals surface area (Å²) in [6.45, 7) is 0.613. The molecular weight excluding hydrogens is 340 g/mol. The van der Waals surface area contributed by atoms with Crippen molar-refractivity contribution in [3.63, 3.8) is 0 Å². The fourth-order valence-electron chi connectivity index (χ4n) is 3.67. The van der Waals surface area contributed by atoms with Gasteiger partial charge in [0, 0.05) is 18.4 Å². The molecule has 1 amide bonds. The van der Waals surface area contributed by atoms with Crippen molar-refractivity contribution in [1.82, 2.24) is 14.6 Å². The van der Waals surface area contributed by atoms with E-state index in [1.165, 1.54) is 4.40 Å². The van der Waals surface area contributed by atoms with Crippen molar-refractivity contribution < 1.29 is 4.79 Å². The normalized spacial score (nSPS) is 13.1. The van der Waals surface area contributed by atoms with Crippen LogP contribution in [0.5, 0.6) is 0 Å². The molecule has 1 aliphatic rings. The fourth-order valence-corrected chi connectivity index (χ4v) is 3.67. The summed E-state index contributed by atoms with van der Waals surface area (Å²) in [6.07, 6.45) is 2.40. The lowest BCUT2D eigenvalue weighted by molar-refractivity contribution is 0.0990. The predicted molar refractivity (Wildman–Crippen MR) is 103 cm³/mol. The number of aromatic nitrogens is 3. The van der Waals surface area contributed by atoms with Gasteiger partial charge in [-0.05, 0) is 47.4 Å².